The topological polar surface area (TPSA) is 49.6 Å². The van der Waals surface area contributed by atoms with Gasteiger partial charge in [-0.25, -0.2) is 0 Å². The molecule has 1 fully saturated rings. The van der Waals surface area contributed by atoms with Gasteiger partial charge in [0.15, 0.2) is 0 Å². The summed E-state index contributed by atoms with van der Waals surface area (Å²) in [6.07, 6.45) is 5.75. The first-order chi connectivity index (χ1) is 9.65. The van der Waals surface area contributed by atoms with Crippen LogP contribution >= 0.6 is 0 Å². The summed E-state index contributed by atoms with van der Waals surface area (Å²) in [5, 5.41) is 0. The predicted octanol–water partition coefficient (Wildman–Crippen LogP) is 2.08. The van der Waals surface area contributed by atoms with Crippen LogP contribution in [0.5, 0.6) is 0 Å². The van der Waals surface area contributed by atoms with E-state index in [1.165, 1.54) is 25.7 Å². The molecule has 4 nitrogen and oxygen atoms in total. The second kappa shape index (κ2) is 9.35. The second-order valence-electron chi connectivity index (χ2n) is 5.93. The molecule has 1 rings (SSSR count). The van der Waals surface area contributed by atoms with Gasteiger partial charge in [0.2, 0.25) is 5.91 Å². The third-order valence-electron chi connectivity index (χ3n) is 4.66. The second-order valence-corrected chi connectivity index (χ2v) is 5.93. The quantitative estimate of drug-likeness (QED) is 0.742. The third-order valence-corrected chi connectivity index (χ3v) is 4.66. The van der Waals surface area contributed by atoms with E-state index in [4.69, 9.17) is 5.73 Å². The van der Waals surface area contributed by atoms with E-state index >= 15 is 0 Å². The minimum atomic E-state index is 0.227. The number of amides is 1. The van der Waals surface area contributed by atoms with Crippen molar-refractivity contribution in [1.82, 2.24) is 9.80 Å². The fourth-order valence-electron chi connectivity index (χ4n) is 3.28. The van der Waals surface area contributed by atoms with Crippen molar-refractivity contribution in [2.24, 2.45) is 11.7 Å². The lowest BCUT2D eigenvalue weighted by atomic mass is 9.91. The molecule has 1 aliphatic heterocycles. The van der Waals surface area contributed by atoms with Gasteiger partial charge in [-0.3, -0.25) is 9.69 Å². The number of nitrogens with two attached hydrogens (primary N) is 1. The van der Waals surface area contributed by atoms with E-state index in [1.54, 1.807) is 0 Å². The van der Waals surface area contributed by atoms with Gasteiger partial charge in [-0.1, -0.05) is 19.8 Å². The van der Waals surface area contributed by atoms with Crippen molar-refractivity contribution < 1.29 is 4.79 Å². The third kappa shape index (κ3) is 5.06. The maximum atomic E-state index is 12.2. The van der Waals surface area contributed by atoms with Gasteiger partial charge >= 0.3 is 0 Å². The Morgan fingerprint density at radius 2 is 1.85 bits per heavy atom. The van der Waals surface area contributed by atoms with Crippen molar-refractivity contribution in [3.63, 3.8) is 0 Å². The monoisotopic (exact) mass is 283 g/mol. The summed E-state index contributed by atoms with van der Waals surface area (Å²) in [5.41, 5.74) is 5.92. The largest absolute Gasteiger partial charge is 0.343 e. The van der Waals surface area contributed by atoms with E-state index in [0.717, 1.165) is 32.1 Å². The number of nitrogens with zero attached hydrogens (tertiary/aromatic N) is 2. The lowest BCUT2D eigenvalue weighted by Crippen LogP contribution is -2.48. The van der Waals surface area contributed by atoms with Crippen LogP contribution in [-0.4, -0.2) is 54.5 Å². The molecule has 0 aromatic carbocycles. The minimum Gasteiger partial charge on any atom is -0.343 e. The molecule has 2 N–H and O–H groups in total. The highest BCUT2D eigenvalue weighted by Crippen LogP contribution is 2.23. The molecule has 118 valence electrons. The lowest BCUT2D eigenvalue weighted by molar-refractivity contribution is -0.132. The molecule has 4 heteroatoms. The molecule has 0 radical (unpaired) electrons. The number of rotatable bonds is 8. The number of hydrogen-bond acceptors (Lipinski definition) is 3. The van der Waals surface area contributed by atoms with Gasteiger partial charge in [-0.2, -0.15) is 0 Å². The first-order valence-electron chi connectivity index (χ1n) is 8.38. The van der Waals surface area contributed by atoms with Crippen LogP contribution in [0.25, 0.3) is 0 Å². The molecule has 0 bridgehead atoms. The molecule has 1 aliphatic rings. The van der Waals surface area contributed by atoms with Crippen LogP contribution in [0.1, 0.15) is 52.9 Å². The molecule has 0 aliphatic carbocycles. The summed E-state index contributed by atoms with van der Waals surface area (Å²) >= 11 is 0. The zero-order valence-corrected chi connectivity index (χ0v) is 13.6. The molecular weight excluding hydrogens is 250 g/mol. The van der Waals surface area contributed by atoms with Crippen LogP contribution in [0.2, 0.25) is 0 Å². The minimum absolute atomic E-state index is 0.227. The first kappa shape index (κ1) is 17.4. The standard InChI is InChI=1S/C16H33N3O/c1-4-7-14-8-10-19(11-9-14)15(13-17)12-16(20)18(5-2)6-3/h14-15H,4-13,17H2,1-3H3. The number of likely N-dealkylation sites (tertiary alicyclic amines) is 1. The molecule has 20 heavy (non-hydrogen) atoms. The van der Waals surface area contributed by atoms with Crippen LogP contribution in [0.15, 0.2) is 0 Å². The zero-order valence-electron chi connectivity index (χ0n) is 13.6. The summed E-state index contributed by atoms with van der Waals surface area (Å²) in [6.45, 7) is 10.7. The summed E-state index contributed by atoms with van der Waals surface area (Å²) in [6, 6.07) is 0.227. The molecule has 0 aromatic rings. The summed E-state index contributed by atoms with van der Waals surface area (Å²) in [7, 11) is 0. The Morgan fingerprint density at radius 1 is 1.25 bits per heavy atom. The molecular formula is C16H33N3O. The Kier molecular flexibility index (Phi) is 8.15. The summed E-state index contributed by atoms with van der Waals surface area (Å²) in [4.78, 5) is 16.6. The SMILES string of the molecule is CCCC1CCN(C(CN)CC(=O)N(CC)CC)CC1. The van der Waals surface area contributed by atoms with E-state index in [0.29, 0.717) is 13.0 Å². The number of hydrogen-bond donors (Lipinski definition) is 1. The van der Waals surface area contributed by atoms with Crippen LogP contribution in [0.3, 0.4) is 0 Å². The molecule has 1 unspecified atom stereocenters. The Morgan fingerprint density at radius 3 is 2.30 bits per heavy atom. The highest BCUT2D eigenvalue weighted by molar-refractivity contribution is 5.76. The van der Waals surface area contributed by atoms with E-state index in [1.807, 2.05) is 18.7 Å². The van der Waals surface area contributed by atoms with Gasteiger partial charge in [0.25, 0.3) is 0 Å². The van der Waals surface area contributed by atoms with E-state index < -0.39 is 0 Å². The fraction of sp³-hybridized carbons (Fsp3) is 0.938. The van der Waals surface area contributed by atoms with Gasteiger partial charge in [-0.15, -0.1) is 0 Å². The van der Waals surface area contributed by atoms with E-state index in [2.05, 4.69) is 11.8 Å². The Balaban J connectivity index is 2.45. The molecule has 0 aromatic heterocycles. The van der Waals surface area contributed by atoms with Crippen molar-refractivity contribution in [3.8, 4) is 0 Å². The average Bonchev–Trinajstić information content (AvgIpc) is 2.47. The van der Waals surface area contributed by atoms with Crippen molar-refractivity contribution in [3.05, 3.63) is 0 Å². The van der Waals surface area contributed by atoms with Crippen LogP contribution < -0.4 is 5.73 Å². The van der Waals surface area contributed by atoms with Crippen LogP contribution in [0, 0.1) is 5.92 Å². The van der Waals surface area contributed by atoms with Crippen LogP contribution in [-0.2, 0) is 4.79 Å². The zero-order chi connectivity index (χ0) is 15.0. The molecule has 0 spiro atoms. The van der Waals surface area contributed by atoms with Crippen molar-refractivity contribution in [2.45, 2.75) is 58.9 Å². The maximum absolute atomic E-state index is 12.2. The molecule has 1 saturated heterocycles. The fourth-order valence-corrected chi connectivity index (χ4v) is 3.28. The number of carbonyl (C=O) groups is 1. The van der Waals surface area contributed by atoms with Gasteiger partial charge in [-0.05, 0) is 45.7 Å². The molecule has 0 saturated carbocycles. The van der Waals surface area contributed by atoms with Crippen molar-refractivity contribution in [1.29, 1.82) is 0 Å². The van der Waals surface area contributed by atoms with E-state index in [9.17, 15) is 4.79 Å². The highest BCUT2D eigenvalue weighted by atomic mass is 16.2. The lowest BCUT2D eigenvalue weighted by Gasteiger charge is -2.37. The van der Waals surface area contributed by atoms with E-state index in [-0.39, 0.29) is 11.9 Å². The van der Waals surface area contributed by atoms with Gasteiger partial charge in [0.05, 0.1) is 0 Å². The summed E-state index contributed by atoms with van der Waals surface area (Å²) in [5.74, 6) is 1.13. The number of carbonyl (C=O) groups excluding carboxylic acids is 1. The molecule has 1 amide bonds. The molecule has 1 atom stereocenters. The summed E-state index contributed by atoms with van der Waals surface area (Å²) < 4.78 is 0. The Hall–Kier alpha value is -0.610. The first-order valence-corrected chi connectivity index (χ1v) is 8.38. The van der Waals surface area contributed by atoms with Gasteiger partial charge < -0.3 is 10.6 Å². The van der Waals surface area contributed by atoms with Crippen LogP contribution in [0.4, 0.5) is 0 Å². The van der Waals surface area contributed by atoms with Crippen molar-refractivity contribution >= 4 is 5.91 Å². The molecule has 1 heterocycles. The predicted molar refractivity (Wildman–Crippen MR) is 84.6 cm³/mol. The Bertz CT molecular complexity index is 271. The normalized spacial score (nSPS) is 19.0. The van der Waals surface area contributed by atoms with Gasteiger partial charge in [0.1, 0.15) is 0 Å². The highest BCUT2D eigenvalue weighted by Gasteiger charge is 2.26. The van der Waals surface area contributed by atoms with Crippen molar-refractivity contribution in [2.75, 3.05) is 32.7 Å². The maximum Gasteiger partial charge on any atom is 0.224 e. The number of piperidine rings is 1. The average molecular weight is 283 g/mol. The smallest absolute Gasteiger partial charge is 0.224 e. The Labute approximate surface area is 124 Å². The van der Waals surface area contributed by atoms with Gasteiger partial charge in [0, 0.05) is 32.1 Å².